The number of amides is 1. The number of nitro benzene ring substituents is 1. The lowest BCUT2D eigenvalue weighted by Gasteiger charge is -2.32. The molecule has 0 atom stereocenters. The van der Waals surface area contributed by atoms with Crippen molar-refractivity contribution < 1.29 is 22.9 Å². The number of piperidine rings is 1. The molecule has 1 heterocycles. The first-order valence-corrected chi connectivity index (χ1v) is 12.0. The van der Waals surface area contributed by atoms with Crippen LogP contribution in [0.15, 0.2) is 48.5 Å². The molecule has 0 aromatic heterocycles. The van der Waals surface area contributed by atoms with E-state index in [4.69, 9.17) is 4.74 Å². The molecular formula is C21H25N3O6S. The number of para-hydroxylation sites is 2. The van der Waals surface area contributed by atoms with Crippen molar-refractivity contribution in [3.63, 3.8) is 0 Å². The van der Waals surface area contributed by atoms with Gasteiger partial charge in [-0.2, -0.15) is 0 Å². The Bertz CT molecular complexity index is 1050. The Morgan fingerprint density at radius 2 is 1.90 bits per heavy atom. The first kappa shape index (κ1) is 22.5. The van der Waals surface area contributed by atoms with Gasteiger partial charge in [-0.3, -0.25) is 14.9 Å². The van der Waals surface area contributed by atoms with Gasteiger partial charge in [0.1, 0.15) is 18.0 Å². The summed E-state index contributed by atoms with van der Waals surface area (Å²) in [4.78, 5) is 25.5. The zero-order valence-electron chi connectivity index (χ0n) is 17.2. The van der Waals surface area contributed by atoms with Gasteiger partial charge in [-0.1, -0.05) is 18.2 Å². The lowest BCUT2D eigenvalue weighted by molar-refractivity contribution is -0.384. The van der Waals surface area contributed by atoms with E-state index >= 15 is 0 Å². The lowest BCUT2D eigenvalue weighted by atomic mass is 9.95. The second-order valence-corrected chi connectivity index (χ2v) is 9.76. The van der Waals surface area contributed by atoms with Crippen LogP contribution < -0.4 is 15.0 Å². The fourth-order valence-electron chi connectivity index (χ4n) is 3.49. The van der Waals surface area contributed by atoms with Gasteiger partial charge in [-0.15, -0.1) is 0 Å². The van der Waals surface area contributed by atoms with Crippen LogP contribution in [0, 0.1) is 16.0 Å². The molecule has 0 radical (unpaired) electrons. The molecule has 31 heavy (non-hydrogen) atoms. The highest BCUT2D eigenvalue weighted by molar-refractivity contribution is 7.90. The second kappa shape index (κ2) is 9.78. The SMILES string of the molecule is CS(=O)(=O)CCOc1cccc(NC(=O)C2CCN(c3ccccc3[N+](=O)[O-])CC2)c1. The van der Waals surface area contributed by atoms with Crippen molar-refractivity contribution in [1.82, 2.24) is 0 Å². The summed E-state index contributed by atoms with van der Waals surface area (Å²) in [6.45, 7) is 1.15. The fraction of sp³-hybridized carbons (Fsp3) is 0.381. The number of carbonyl (C=O) groups is 1. The monoisotopic (exact) mass is 447 g/mol. The summed E-state index contributed by atoms with van der Waals surface area (Å²) in [7, 11) is -3.11. The average molecular weight is 448 g/mol. The van der Waals surface area contributed by atoms with Crippen molar-refractivity contribution in [2.24, 2.45) is 5.92 Å². The maximum atomic E-state index is 12.7. The fourth-order valence-corrected chi connectivity index (χ4v) is 3.87. The van der Waals surface area contributed by atoms with Crippen LogP contribution in [0.2, 0.25) is 0 Å². The number of anilines is 2. The molecule has 9 nitrogen and oxygen atoms in total. The third kappa shape index (κ3) is 6.42. The van der Waals surface area contributed by atoms with Gasteiger partial charge >= 0.3 is 0 Å². The van der Waals surface area contributed by atoms with E-state index in [1.165, 1.54) is 6.07 Å². The van der Waals surface area contributed by atoms with E-state index < -0.39 is 9.84 Å². The molecule has 0 saturated carbocycles. The molecule has 2 aromatic carbocycles. The van der Waals surface area contributed by atoms with Gasteiger partial charge in [0.05, 0.1) is 10.7 Å². The number of benzene rings is 2. The van der Waals surface area contributed by atoms with Crippen LogP contribution in [0.5, 0.6) is 5.75 Å². The largest absolute Gasteiger partial charge is 0.492 e. The van der Waals surface area contributed by atoms with E-state index in [0.29, 0.717) is 43.1 Å². The van der Waals surface area contributed by atoms with Gasteiger partial charge in [0.2, 0.25) is 5.91 Å². The Hall–Kier alpha value is -3.14. The van der Waals surface area contributed by atoms with Crippen molar-refractivity contribution in [3.8, 4) is 5.75 Å². The number of rotatable bonds is 8. The molecule has 1 N–H and O–H groups in total. The lowest BCUT2D eigenvalue weighted by Crippen LogP contribution is -2.38. The van der Waals surface area contributed by atoms with E-state index in [2.05, 4.69) is 5.32 Å². The Kier molecular flexibility index (Phi) is 7.11. The van der Waals surface area contributed by atoms with Crippen LogP contribution >= 0.6 is 0 Å². The zero-order valence-corrected chi connectivity index (χ0v) is 18.0. The number of sulfone groups is 1. The minimum atomic E-state index is -3.11. The summed E-state index contributed by atoms with van der Waals surface area (Å²) in [5, 5.41) is 14.1. The number of nitrogens with zero attached hydrogens (tertiary/aromatic N) is 2. The Morgan fingerprint density at radius 1 is 1.19 bits per heavy atom. The third-order valence-corrected chi connectivity index (χ3v) is 6.02. The Morgan fingerprint density at radius 3 is 2.58 bits per heavy atom. The van der Waals surface area contributed by atoms with Gasteiger partial charge < -0.3 is 15.0 Å². The summed E-state index contributed by atoms with van der Waals surface area (Å²) in [6.07, 6.45) is 2.32. The maximum Gasteiger partial charge on any atom is 0.292 e. The van der Waals surface area contributed by atoms with Gasteiger partial charge in [0.15, 0.2) is 9.84 Å². The van der Waals surface area contributed by atoms with Crippen LogP contribution in [0.3, 0.4) is 0 Å². The molecule has 2 aromatic rings. The third-order valence-electron chi connectivity index (χ3n) is 5.11. The van der Waals surface area contributed by atoms with Crippen LogP contribution in [0.1, 0.15) is 12.8 Å². The number of hydrogen-bond acceptors (Lipinski definition) is 7. The topological polar surface area (TPSA) is 119 Å². The summed E-state index contributed by atoms with van der Waals surface area (Å²) in [5.74, 6) is 0.0823. The number of nitrogens with one attached hydrogen (secondary N) is 1. The number of carbonyl (C=O) groups excluding carboxylic acids is 1. The molecule has 1 amide bonds. The smallest absolute Gasteiger partial charge is 0.292 e. The highest BCUT2D eigenvalue weighted by atomic mass is 32.2. The minimum absolute atomic E-state index is 0.0420. The zero-order chi connectivity index (χ0) is 22.4. The first-order valence-electron chi connectivity index (χ1n) is 9.93. The molecule has 1 aliphatic heterocycles. The Balaban J connectivity index is 1.55. The Labute approximate surface area is 181 Å². The predicted octanol–water partition coefficient (Wildman–Crippen LogP) is 2.87. The molecule has 166 valence electrons. The van der Waals surface area contributed by atoms with E-state index in [-0.39, 0.29) is 34.8 Å². The second-order valence-electron chi connectivity index (χ2n) is 7.50. The first-order chi connectivity index (χ1) is 14.7. The minimum Gasteiger partial charge on any atom is -0.492 e. The molecule has 1 aliphatic rings. The molecule has 0 spiro atoms. The van der Waals surface area contributed by atoms with Crippen LogP contribution in [-0.2, 0) is 14.6 Å². The molecule has 0 aliphatic carbocycles. The summed E-state index contributed by atoms with van der Waals surface area (Å²) in [5.41, 5.74) is 1.21. The predicted molar refractivity (Wildman–Crippen MR) is 118 cm³/mol. The van der Waals surface area contributed by atoms with Gasteiger partial charge in [-0.25, -0.2) is 8.42 Å². The highest BCUT2D eigenvalue weighted by Gasteiger charge is 2.28. The van der Waals surface area contributed by atoms with Crippen LogP contribution in [0.4, 0.5) is 17.1 Å². The highest BCUT2D eigenvalue weighted by Crippen LogP contribution is 2.31. The van der Waals surface area contributed by atoms with Crippen LogP contribution in [0.25, 0.3) is 0 Å². The normalized spacial score (nSPS) is 14.8. The number of ether oxygens (including phenoxy) is 1. The molecule has 1 fully saturated rings. The van der Waals surface area contributed by atoms with Gasteiger partial charge in [-0.05, 0) is 31.0 Å². The summed E-state index contributed by atoms with van der Waals surface area (Å²) < 4.78 is 27.9. The van der Waals surface area contributed by atoms with E-state index in [0.717, 1.165) is 6.26 Å². The van der Waals surface area contributed by atoms with Crippen molar-refractivity contribution >= 4 is 32.8 Å². The number of nitro groups is 1. The average Bonchev–Trinajstić information content (AvgIpc) is 2.73. The van der Waals surface area contributed by atoms with E-state index in [1.807, 2.05) is 4.90 Å². The van der Waals surface area contributed by atoms with E-state index in [1.54, 1.807) is 42.5 Å². The standard InChI is InChI=1S/C21H25N3O6S/c1-31(28,29)14-13-30-18-6-4-5-17(15-18)22-21(25)16-9-11-23(12-10-16)19-7-2-3-8-20(19)24(26)27/h2-8,15-16H,9-14H2,1H3,(H,22,25). The van der Waals surface area contributed by atoms with Gasteiger partial charge in [0, 0.05) is 43.1 Å². The summed E-state index contributed by atoms with van der Waals surface area (Å²) in [6, 6.07) is 13.4. The molecule has 1 saturated heterocycles. The molecule has 3 rings (SSSR count). The van der Waals surface area contributed by atoms with E-state index in [9.17, 15) is 23.3 Å². The van der Waals surface area contributed by atoms with Crippen molar-refractivity contribution in [3.05, 3.63) is 58.6 Å². The quantitative estimate of drug-likeness (QED) is 0.488. The summed E-state index contributed by atoms with van der Waals surface area (Å²) >= 11 is 0. The maximum absolute atomic E-state index is 12.7. The molecular weight excluding hydrogens is 422 g/mol. The van der Waals surface area contributed by atoms with Crippen LogP contribution in [-0.4, -0.2) is 51.0 Å². The molecule has 0 unspecified atom stereocenters. The molecule has 10 heteroatoms. The van der Waals surface area contributed by atoms with Crippen molar-refractivity contribution in [1.29, 1.82) is 0 Å². The number of hydrogen-bond donors (Lipinski definition) is 1. The van der Waals surface area contributed by atoms with Crippen molar-refractivity contribution in [2.75, 3.05) is 41.9 Å². The van der Waals surface area contributed by atoms with Gasteiger partial charge in [0.25, 0.3) is 5.69 Å². The molecule has 0 bridgehead atoms. The van der Waals surface area contributed by atoms with Crippen molar-refractivity contribution in [2.45, 2.75) is 12.8 Å².